The number of hydrogen-bond donors (Lipinski definition) is 0. The Morgan fingerprint density at radius 1 is 0.531 bits per heavy atom. The lowest BCUT2D eigenvalue weighted by molar-refractivity contribution is -0.704. The zero-order chi connectivity index (χ0) is 23.1. The van der Waals surface area contributed by atoms with Crippen molar-refractivity contribution in [3.63, 3.8) is 0 Å². The first-order valence-corrected chi connectivity index (χ1v) is 14.9. The Kier molecular flexibility index (Phi) is 20.1. The van der Waals surface area contributed by atoms with Gasteiger partial charge in [0, 0.05) is 6.42 Å². The Hall–Kier alpha value is -0.790. The van der Waals surface area contributed by atoms with Crippen LogP contribution in [0.2, 0.25) is 0 Å². The minimum Gasteiger partial charge on any atom is -0.234 e. The van der Waals surface area contributed by atoms with Gasteiger partial charge in [0.15, 0.2) is 0 Å². The van der Waals surface area contributed by atoms with Crippen LogP contribution in [0.3, 0.4) is 0 Å². The first-order valence-electron chi connectivity index (χ1n) is 14.9. The summed E-state index contributed by atoms with van der Waals surface area (Å²) in [7, 11) is 0. The van der Waals surface area contributed by atoms with Crippen molar-refractivity contribution in [3.8, 4) is 0 Å². The van der Waals surface area contributed by atoms with Crippen LogP contribution in [0.1, 0.15) is 161 Å². The minimum absolute atomic E-state index is 1.21. The molecule has 1 aromatic rings. The quantitative estimate of drug-likeness (QED) is 0.110. The molecule has 0 aliphatic rings. The fourth-order valence-corrected chi connectivity index (χ4v) is 4.91. The van der Waals surface area contributed by atoms with Crippen molar-refractivity contribution in [3.05, 3.63) is 18.2 Å². The predicted octanol–water partition coefficient (Wildman–Crippen LogP) is 9.57. The van der Waals surface area contributed by atoms with Crippen LogP contribution >= 0.6 is 0 Å². The van der Waals surface area contributed by atoms with E-state index in [-0.39, 0.29) is 0 Å². The van der Waals surface area contributed by atoms with Gasteiger partial charge in [-0.05, 0) is 32.1 Å². The van der Waals surface area contributed by atoms with E-state index >= 15 is 0 Å². The average Bonchev–Trinajstić information content (AvgIpc) is 3.18. The molecule has 0 fully saturated rings. The topological polar surface area (TPSA) is 8.81 Å². The summed E-state index contributed by atoms with van der Waals surface area (Å²) >= 11 is 0. The molecule has 0 saturated carbocycles. The molecule has 0 radical (unpaired) electrons. The molecule has 1 aromatic heterocycles. The van der Waals surface area contributed by atoms with E-state index < -0.39 is 0 Å². The number of hydrogen-bond acceptors (Lipinski definition) is 0. The van der Waals surface area contributed by atoms with Gasteiger partial charge in [-0.25, -0.2) is 9.13 Å². The molecule has 1 heterocycles. The van der Waals surface area contributed by atoms with Gasteiger partial charge in [-0.3, -0.25) is 0 Å². The minimum atomic E-state index is 1.21. The van der Waals surface area contributed by atoms with Gasteiger partial charge in [0.25, 0.3) is 5.82 Å². The highest BCUT2D eigenvalue weighted by Gasteiger charge is 2.16. The maximum Gasteiger partial charge on any atom is 0.256 e. The van der Waals surface area contributed by atoms with E-state index in [0.717, 1.165) is 0 Å². The molecule has 0 aliphatic carbocycles. The lowest BCUT2D eigenvalue weighted by atomic mass is 10.0. The molecular weight excluding hydrogens is 388 g/mol. The van der Waals surface area contributed by atoms with Crippen LogP contribution in [0.5, 0.6) is 0 Å². The second-order valence-corrected chi connectivity index (χ2v) is 10.2. The molecule has 1 rings (SSSR count). The third kappa shape index (κ3) is 15.1. The number of imidazole rings is 1. The SMILES string of the molecule is CCCCCCCCCCCCCCc1n(CCCCCCCC)cc[n+]1CCCCC. The van der Waals surface area contributed by atoms with Crippen LogP contribution in [0.4, 0.5) is 0 Å². The molecular formula is C30H59N2+. The molecule has 0 spiro atoms. The first-order chi connectivity index (χ1) is 15.8. The standard InChI is InChI=1S/C30H59N2/c1-4-7-10-12-14-15-16-17-18-19-20-22-25-30-31(26-23-9-6-3)28-29-32(30)27-24-21-13-11-8-5-2/h28-29H,4-27H2,1-3H3/q+1. The van der Waals surface area contributed by atoms with E-state index in [1.807, 2.05) is 0 Å². The maximum atomic E-state index is 2.59. The molecule has 0 saturated heterocycles. The van der Waals surface area contributed by atoms with Crippen molar-refractivity contribution in [1.29, 1.82) is 0 Å². The fourth-order valence-electron chi connectivity index (χ4n) is 4.91. The average molecular weight is 448 g/mol. The second kappa shape index (κ2) is 22.0. The highest BCUT2D eigenvalue weighted by atomic mass is 15.1. The molecule has 2 nitrogen and oxygen atoms in total. The summed E-state index contributed by atoms with van der Waals surface area (Å²) in [5.74, 6) is 1.60. The fraction of sp³-hybridized carbons (Fsp3) is 0.900. The molecule has 0 aromatic carbocycles. The molecule has 0 aliphatic heterocycles. The maximum absolute atomic E-state index is 2.59. The van der Waals surface area contributed by atoms with Crippen molar-refractivity contribution in [2.45, 2.75) is 175 Å². The van der Waals surface area contributed by atoms with Crippen LogP contribution in [-0.2, 0) is 19.5 Å². The molecule has 0 atom stereocenters. The van der Waals surface area contributed by atoms with Gasteiger partial charge in [-0.1, -0.05) is 124 Å². The normalized spacial score (nSPS) is 11.5. The molecule has 2 heteroatoms. The van der Waals surface area contributed by atoms with Gasteiger partial charge in [-0.15, -0.1) is 0 Å². The van der Waals surface area contributed by atoms with E-state index in [1.165, 1.54) is 154 Å². The molecule has 188 valence electrons. The summed E-state index contributed by atoms with van der Waals surface area (Å²) in [5, 5.41) is 0. The third-order valence-electron chi connectivity index (χ3n) is 7.10. The number of nitrogens with zero attached hydrogens (tertiary/aromatic N) is 2. The number of aryl methyl sites for hydroxylation is 2. The van der Waals surface area contributed by atoms with Gasteiger partial charge in [0.05, 0.1) is 13.1 Å². The van der Waals surface area contributed by atoms with Crippen LogP contribution in [0, 0.1) is 0 Å². The van der Waals surface area contributed by atoms with Crippen LogP contribution < -0.4 is 4.57 Å². The van der Waals surface area contributed by atoms with E-state index in [2.05, 4.69) is 42.3 Å². The monoisotopic (exact) mass is 447 g/mol. The van der Waals surface area contributed by atoms with Gasteiger partial charge >= 0.3 is 0 Å². The Morgan fingerprint density at radius 2 is 0.969 bits per heavy atom. The van der Waals surface area contributed by atoms with Gasteiger partial charge in [-0.2, -0.15) is 0 Å². The summed E-state index contributed by atoms with van der Waals surface area (Å²) < 4.78 is 5.16. The lowest BCUT2D eigenvalue weighted by Crippen LogP contribution is -2.37. The smallest absolute Gasteiger partial charge is 0.234 e. The lowest BCUT2D eigenvalue weighted by Gasteiger charge is -2.07. The van der Waals surface area contributed by atoms with Gasteiger partial charge < -0.3 is 0 Å². The van der Waals surface area contributed by atoms with E-state index in [0.29, 0.717) is 0 Å². The Labute approximate surface area is 202 Å². The highest BCUT2D eigenvalue weighted by molar-refractivity contribution is 4.84. The van der Waals surface area contributed by atoms with Crippen LogP contribution in [0.15, 0.2) is 12.4 Å². The van der Waals surface area contributed by atoms with Crippen LogP contribution in [-0.4, -0.2) is 4.57 Å². The summed E-state index contributed by atoms with van der Waals surface area (Å²) in [6.45, 7) is 9.35. The van der Waals surface area contributed by atoms with Crippen molar-refractivity contribution < 1.29 is 4.57 Å². The van der Waals surface area contributed by atoms with Gasteiger partial charge in [0.1, 0.15) is 12.4 Å². The van der Waals surface area contributed by atoms with Crippen molar-refractivity contribution in [2.75, 3.05) is 0 Å². The number of unbranched alkanes of at least 4 members (excludes halogenated alkanes) is 18. The zero-order valence-electron chi connectivity index (χ0n) is 22.5. The van der Waals surface area contributed by atoms with Crippen molar-refractivity contribution in [2.24, 2.45) is 0 Å². The summed E-state index contributed by atoms with van der Waals surface area (Å²) in [6, 6.07) is 0. The Morgan fingerprint density at radius 3 is 1.50 bits per heavy atom. The van der Waals surface area contributed by atoms with E-state index in [9.17, 15) is 0 Å². The molecule has 0 N–H and O–H groups in total. The first kappa shape index (κ1) is 29.2. The summed E-state index contributed by atoms with van der Waals surface area (Å²) in [6.07, 6.45) is 35.6. The summed E-state index contributed by atoms with van der Waals surface area (Å²) in [5.41, 5.74) is 0. The van der Waals surface area contributed by atoms with Gasteiger partial charge in [0.2, 0.25) is 0 Å². The Balaban J connectivity index is 2.24. The number of aromatic nitrogens is 2. The third-order valence-corrected chi connectivity index (χ3v) is 7.10. The highest BCUT2D eigenvalue weighted by Crippen LogP contribution is 2.14. The molecule has 32 heavy (non-hydrogen) atoms. The molecule has 0 amide bonds. The zero-order valence-corrected chi connectivity index (χ0v) is 22.5. The largest absolute Gasteiger partial charge is 0.256 e. The van der Waals surface area contributed by atoms with Crippen LogP contribution in [0.25, 0.3) is 0 Å². The second-order valence-electron chi connectivity index (χ2n) is 10.2. The van der Waals surface area contributed by atoms with E-state index in [1.54, 1.807) is 5.82 Å². The molecule has 0 bridgehead atoms. The summed E-state index contributed by atoms with van der Waals surface area (Å²) in [4.78, 5) is 0. The van der Waals surface area contributed by atoms with E-state index in [4.69, 9.17) is 0 Å². The number of rotatable bonds is 24. The van der Waals surface area contributed by atoms with Crippen molar-refractivity contribution in [1.82, 2.24) is 4.57 Å². The Bertz CT molecular complexity index is 505. The van der Waals surface area contributed by atoms with Crippen molar-refractivity contribution >= 4 is 0 Å². The molecule has 0 unspecified atom stereocenters. The predicted molar refractivity (Wildman–Crippen MR) is 142 cm³/mol.